The fourth-order valence-corrected chi connectivity index (χ4v) is 4.48. The summed E-state index contributed by atoms with van der Waals surface area (Å²) >= 11 is 1.77. The Morgan fingerprint density at radius 3 is 2.52 bits per heavy atom. The molecule has 0 fully saturated rings. The molecule has 0 aliphatic carbocycles. The molecule has 8 heteroatoms. The third-order valence-electron chi connectivity index (χ3n) is 3.98. The number of benzene rings is 2. The molecule has 0 saturated heterocycles. The highest BCUT2D eigenvalue weighted by molar-refractivity contribution is 8.00. The number of hydrogen-bond acceptors (Lipinski definition) is 4. The van der Waals surface area contributed by atoms with Gasteiger partial charge in [-0.05, 0) is 42.3 Å². The number of hydrogen-bond donors (Lipinski definition) is 2. The quantitative estimate of drug-likeness (QED) is 0.356. The van der Waals surface area contributed by atoms with Gasteiger partial charge in [-0.15, -0.1) is 11.8 Å². The first-order chi connectivity index (χ1) is 13.8. The van der Waals surface area contributed by atoms with Gasteiger partial charge in [0, 0.05) is 29.5 Å². The van der Waals surface area contributed by atoms with Crippen molar-refractivity contribution in [1.82, 2.24) is 10.6 Å². The van der Waals surface area contributed by atoms with Gasteiger partial charge in [0.1, 0.15) is 5.82 Å². The molecule has 29 heavy (non-hydrogen) atoms. The summed E-state index contributed by atoms with van der Waals surface area (Å²) in [4.78, 5) is 5.72. The predicted molar refractivity (Wildman–Crippen MR) is 120 cm³/mol. The highest BCUT2D eigenvalue weighted by Crippen LogP contribution is 2.22. The predicted octanol–water partition coefficient (Wildman–Crippen LogP) is 3.61. The van der Waals surface area contributed by atoms with Gasteiger partial charge < -0.3 is 10.6 Å². The van der Waals surface area contributed by atoms with E-state index in [9.17, 15) is 12.8 Å². The van der Waals surface area contributed by atoms with Crippen molar-refractivity contribution in [3.8, 4) is 0 Å². The Balaban J connectivity index is 2.04. The first-order valence-electron chi connectivity index (χ1n) is 9.45. The van der Waals surface area contributed by atoms with Gasteiger partial charge in [0.25, 0.3) is 0 Å². The van der Waals surface area contributed by atoms with Gasteiger partial charge in [-0.2, -0.15) is 0 Å². The second kappa shape index (κ2) is 11.2. The molecule has 1 unspecified atom stereocenters. The van der Waals surface area contributed by atoms with Crippen LogP contribution in [-0.2, 0) is 22.1 Å². The molecule has 2 N–H and O–H groups in total. The van der Waals surface area contributed by atoms with Crippen molar-refractivity contribution in [1.29, 1.82) is 0 Å². The summed E-state index contributed by atoms with van der Waals surface area (Å²) in [7, 11) is -3.22. The first kappa shape index (κ1) is 23.2. The summed E-state index contributed by atoms with van der Waals surface area (Å²) in [5.74, 6) is 0.0770. The van der Waals surface area contributed by atoms with Crippen LogP contribution in [0.5, 0.6) is 0 Å². The highest BCUT2D eigenvalue weighted by atomic mass is 32.2. The van der Waals surface area contributed by atoms with Gasteiger partial charge in [-0.3, -0.25) is 0 Å². The van der Waals surface area contributed by atoms with Crippen molar-refractivity contribution in [2.75, 3.05) is 19.3 Å². The summed E-state index contributed by atoms with van der Waals surface area (Å²) in [6.07, 6.45) is 1.17. The van der Waals surface area contributed by atoms with Gasteiger partial charge in [0.15, 0.2) is 15.8 Å². The Labute approximate surface area is 177 Å². The minimum absolute atomic E-state index is 0.132. The summed E-state index contributed by atoms with van der Waals surface area (Å²) in [5.41, 5.74) is 1.14. The van der Waals surface area contributed by atoms with Crippen LogP contribution in [0.3, 0.4) is 0 Å². The second-order valence-corrected chi connectivity index (χ2v) is 10.5. The molecular weight excluding hydrogens is 409 g/mol. The topological polar surface area (TPSA) is 70.6 Å². The van der Waals surface area contributed by atoms with Crippen LogP contribution in [0.25, 0.3) is 0 Å². The maximum absolute atomic E-state index is 13.7. The molecule has 0 saturated carbocycles. The fourth-order valence-electron chi connectivity index (χ4n) is 2.68. The molecule has 0 amide bonds. The third-order valence-corrected chi connectivity index (χ3v) is 5.92. The van der Waals surface area contributed by atoms with E-state index >= 15 is 0 Å². The molecule has 0 heterocycles. The van der Waals surface area contributed by atoms with Crippen LogP contribution in [0.1, 0.15) is 25.0 Å². The minimum Gasteiger partial charge on any atom is -0.357 e. The number of guanidine groups is 1. The van der Waals surface area contributed by atoms with Crippen LogP contribution < -0.4 is 10.6 Å². The van der Waals surface area contributed by atoms with Crippen molar-refractivity contribution >= 4 is 27.6 Å². The summed E-state index contributed by atoms with van der Waals surface area (Å²) in [6, 6.07) is 14.3. The summed E-state index contributed by atoms with van der Waals surface area (Å²) in [5, 5.41) is 6.79. The zero-order chi connectivity index (χ0) is 21.3. The number of thioether (sulfide) groups is 1. The average molecular weight is 438 g/mol. The molecule has 2 rings (SSSR count). The van der Waals surface area contributed by atoms with E-state index in [1.807, 2.05) is 25.1 Å². The Bertz CT molecular complexity index is 919. The van der Waals surface area contributed by atoms with Crippen LogP contribution in [0.2, 0.25) is 0 Å². The molecule has 2 aromatic carbocycles. The number of halogens is 1. The third kappa shape index (κ3) is 8.87. The average Bonchev–Trinajstić information content (AvgIpc) is 2.65. The molecule has 5 nitrogen and oxygen atoms in total. The van der Waals surface area contributed by atoms with Gasteiger partial charge in [-0.1, -0.05) is 31.2 Å². The normalized spacial score (nSPS) is 13.2. The van der Waals surface area contributed by atoms with Crippen molar-refractivity contribution in [2.45, 2.75) is 36.3 Å². The van der Waals surface area contributed by atoms with E-state index in [-0.39, 0.29) is 12.3 Å². The Kier molecular flexibility index (Phi) is 8.98. The van der Waals surface area contributed by atoms with E-state index < -0.39 is 15.7 Å². The first-order valence-corrected chi connectivity index (χ1v) is 12.4. The molecule has 0 spiro atoms. The molecule has 1 atom stereocenters. The van der Waals surface area contributed by atoms with E-state index in [4.69, 9.17) is 0 Å². The number of nitrogens with zero attached hydrogens (tertiary/aromatic N) is 1. The van der Waals surface area contributed by atoms with Crippen molar-refractivity contribution < 1.29 is 12.8 Å². The Morgan fingerprint density at radius 1 is 1.14 bits per heavy atom. The van der Waals surface area contributed by atoms with Gasteiger partial charge in [0.2, 0.25) is 0 Å². The maximum atomic E-state index is 13.7. The Morgan fingerprint density at radius 2 is 1.86 bits per heavy atom. The van der Waals surface area contributed by atoms with Crippen molar-refractivity contribution in [3.05, 3.63) is 65.5 Å². The van der Waals surface area contributed by atoms with Gasteiger partial charge >= 0.3 is 0 Å². The van der Waals surface area contributed by atoms with E-state index in [0.29, 0.717) is 35.4 Å². The van der Waals surface area contributed by atoms with E-state index in [1.165, 1.54) is 29.4 Å². The van der Waals surface area contributed by atoms with Crippen LogP contribution in [0, 0.1) is 5.82 Å². The summed E-state index contributed by atoms with van der Waals surface area (Å²) in [6.45, 7) is 5.68. The maximum Gasteiger partial charge on any atom is 0.191 e. The molecular formula is C21H28FN3O2S2. The fraction of sp³-hybridized carbons (Fsp3) is 0.381. The Hall–Kier alpha value is -2.06. The SMILES string of the molecule is CCNC(=NCc1cc(F)ccc1CS(C)(=O)=O)NCC(C)Sc1ccccc1. The monoisotopic (exact) mass is 437 g/mol. The molecule has 0 aliphatic rings. The number of nitrogens with one attached hydrogen (secondary N) is 2. The van der Waals surface area contributed by atoms with Gasteiger partial charge in [0.05, 0.1) is 12.3 Å². The summed E-state index contributed by atoms with van der Waals surface area (Å²) < 4.78 is 37.0. The minimum atomic E-state index is -3.22. The number of sulfone groups is 1. The highest BCUT2D eigenvalue weighted by Gasteiger charge is 2.11. The van der Waals surface area contributed by atoms with Crippen LogP contribution in [0.4, 0.5) is 4.39 Å². The van der Waals surface area contributed by atoms with Crippen molar-refractivity contribution in [3.63, 3.8) is 0 Å². The lowest BCUT2D eigenvalue weighted by molar-refractivity contribution is 0.600. The van der Waals surface area contributed by atoms with Gasteiger partial charge in [-0.25, -0.2) is 17.8 Å². The molecule has 0 aromatic heterocycles. The standard InChI is InChI=1S/C21H28FN3O2S2/c1-4-23-21(24-13-16(2)28-20-8-6-5-7-9-20)25-14-18-12-19(22)11-10-17(18)15-29(3,26)27/h5-12,16H,4,13-15H2,1-3H3,(H2,23,24,25). The number of rotatable bonds is 9. The lowest BCUT2D eigenvalue weighted by atomic mass is 10.1. The zero-order valence-corrected chi connectivity index (χ0v) is 18.6. The van der Waals surface area contributed by atoms with E-state index in [1.54, 1.807) is 11.8 Å². The molecule has 2 aromatic rings. The van der Waals surface area contributed by atoms with Crippen molar-refractivity contribution in [2.24, 2.45) is 4.99 Å². The molecule has 0 aliphatic heterocycles. The second-order valence-electron chi connectivity index (χ2n) is 6.80. The lowest BCUT2D eigenvalue weighted by Gasteiger charge is -2.16. The van der Waals surface area contributed by atoms with E-state index in [2.05, 4.69) is 34.7 Å². The molecule has 0 radical (unpaired) electrons. The van der Waals surface area contributed by atoms with Crippen LogP contribution >= 0.6 is 11.8 Å². The van der Waals surface area contributed by atoms with Crippen LogP contribution in [-0.4, -0.2) is 39.0 Å². The smallest absolute Gasteiger partial charge is 0.191 e. The zero-order valence-electron chi connectivity index (χ0n) is 17.0. The largest absolute Gasteiger partial charge is 0.357 e. The molecule has 0 bridgehead atoms. The molecule has 158 valence electrons. The van der Waals surface area contributed by atoms with Crippen LogP contribution in [0.15, 0.2) is 58.4 Å². The van der Waals surface area contributed by atoms with E-state index in [0.717, 1.165) is 0 Å². The lowest BCUT2D eigenvalue weighted by Crippen LogP contribution is -2.40. The number of aliphatic imine (C=N–C) groups is 1.